The quantitative estimate of drug-likeness (QED) is 0.145. The third kappa shape index (κ3) is 35.4. The first-order chi connectivity index (χ1) is 39.4. The van der Waals surface area contributed by atoms with E-state index in [-0.39, 0.29) is 44.5 Å². The number of rotatable bonds is 8. The zero-order valence-corrected chi connectivity index (χ0v) is 50.1. The maximum atomic E-state index is 12.7. The Kier molecular flexibility index (Phi) is 35.0. The largest absolute Gasteiger partial charge is 0.573 e. The fourth-order valence-corrected chi connectivity index (χ4v) is 8.04. The number of hydrogen-bond donors (Lipinski definition) is 0. The average molecular weight is 1300 g/mol. The molecule has 5 aromatic rings. The fourth-order valence-electron chi connectivity index (χ4n) is 7.42. The van der Waals surface area contributed by atoms with E-state index in [1.807, 2.05) is 27.7 Å². The van der Waals surface area contributed by atoms with Crippen molar-refractivity contribution in [1.29, 1.82) is 0 Å². The number of Topliss-reactive ketones (excluding diaryl/α,β-unsaturated/α-hetero) is 1. The van der Waals surface area contributed by atoms with Gasteiger partial charge in [0, 0.05) is 40.4 Å². The zero-order chi connectivity index (χ0) is 66.6. The molecular formula is C61H70Cl2F20O3. The number of carbonyl (C=O) groups excluding carboxylic acids is 1. The van der Waals surface area contributed by atoms with Gasteiger partial charge in [0.1, 0.15) is 40.6 Å². The van der Waals surface area contributed by atoms with Crippen LogP contribution in [-0.4, -0.2) is 30.4 Å². The first kappa shape index (κ1) is 80.5. The predicted molar refractivity (Wildman–Crippen MR) is 294 cm³/mol. The summed E-state index contributed by atoms with van der Waals surface area (Å²) in [6.45, 7) is 13.9. The van der Waals surface area contributed by atoms with Crippen LogP contribution in [0.3, 0.4) is 0 Å². The summed E-state index contributed by atoms with van der Waals surface area (Å²) in [5, 5.41) is 0.464. The molecule has 0 bridgehead atoms. The van der Waals surface area contributed by atoms with Crippen LogP contribution in [0.5, 0.6) is 11.5 Å². The molecule has 0 amide bonds. The Morgan fingerprint density at radius 1 is 0.465 bits per heavy atom. The summed E-state index contributed by atoms with van der Waals surface area (Å²) < 4.78 is 250. The van der Waals surface area contributed by atoms with Gasteiger partial charge in [-0.1, -0.05) is 107 Å². The summed E-state index contributed by atoms with van der Waals surface area (Å²) in [5.74, 6) is -8.64. The van der Waals surface area contributed by atoms with Gasteiger partial charge in [0.25, 0.3) is 0 Å². The molecule has 3 nitrogen and oxygen atoms in total. The maximum Gasteiger partial charge on any atom is 0.573 e. The molecule has 2 aliphatic carbocycles. The third-order valence-electron chi connectivity index (χ3n) is 12.5. The second-order valence-electron chi connectivity index (χ2n) is 19.6. The van der Waals surface area contributed by atoms with Gasteiger partial charge in [0.2, 0.25) is 11.8 Å². The lowest BCUT2D eigenvalue weighted by atomic mass is 9.85. The van der Waals surface area contributed by atoms with Crippen LogP contribution in [0.1, 0.15) is 152 Å². The molecule has 2 aliphatic rings. The van der Waals surface area contributed by atoms with Crippen LogP contribution in [0.15, 0.2) is 91.0 Å². The van der Waals surface area contributed by atoms with Crippen molar-refractivity contribution in [2.75, 3.05) is 0 Å². The number of hydrogen-bond acceptors (Lipinski definition) is 3. The lowest BCUT2D eigenvalue weighted by molar-refractivity contribution is -0.275. The lowest BCUT2D eigenvalue weighted by Crippen LogP contribution is -2.26. The summed E-state index contributed by atoms with van der Waals surface area (Å²) >= 11 is 11.3. The Balaban J connectivity index is 0.000000971. The molecule has 5 aromatic carbocycles. The standard InChI is InChI=1S/C9H8ClF3O.C9H8ClF3.C8H6F4O.C8H6F4.C8H14F2.C8H8F2.C7H12F2.C4H8O/c1-2-6-3-4-7(5-8(6)10)14-9(11,12)13;1-2-6-3-4-7(5-8(6)10)9(11,12)13;1-5-2-3-6(4-7(5)9)13-8(10,11)12;1-5-2-3-6(4-7(5)9)8(10,11)12;1-8(9,10)7-5-3-2-4-6-7;1-2-6-3-7(9)5-8(10)4-6;1-7(8,9)6-4-2-3-5-6;1-3-4(2)5/h3-5H,2H2,1H3;3-5H,2H2,1H3;2-4H,1H3;2-4H,1H3;7H,2-6H2,1H3;3-5H,2H2,1H3;6H,2-5H2,1H3;3H2,1-2H3. The number of ether oxygens (including phenoxy) is 2. The van der Waals surface area contributed by atoms with Crippen molar-refractivity contribution in [3.63, 3.8) is 0 Å². The molecule has 0 heterocycles. The number of benzene rings is 5. The van der Waals surface area contributed by atoms with E-state index in [2.05, 4.69) is 9.47 Å². The highest BCUT2D eigenvalue weighted by atomic mass is 35.5. The average Bonchev–Trinajstić information content (AvgIpc) is 4.03. The molecule has 86 heavy (non-hydrogen) atoms. The van der Waals surface area contributed by atoms with Gasteiger partial charge in [-0.05, 0) is 162 Å². The van der Waals surface area contributed by atoms with Gasteiger partial charge < -0.3 is 14.3 Å². The second-order valence-corrected chi connectivity index (χ2v) is 20.5. The number of aryl methyl sites for hydroxylation is 5. The van der Waals surface area contributed by atoms with Crippen LogP contribution in [0, 0.1) is 49.0 Å². The number of ketones is 1. The Bertz CT molecular complexity index is 2730. The van der Waals surface area contributed by atoms with Gasteiger partial charge in [-0.3, -0.25) is 0 Å². The monoisotopic (exact) mass is 1300 g/mol. The zero-order valence-electron chi connectivity index (χ0n) is 48.5. The van der Waals surface area contributed by atoms with Crippen molar-refractivity contribution >= 4 is 29.0 Å². The molecule has 0 radical (unpaired) electrons. The van der Waals surface area contributed by atoms with Crippen LogP contribution in [0.2, 0.25) is 10.0 Å². The number of halogens is 22. The van der Waals surface area contributed by atoms with E-state index in [9.17, 15) is 92.6 Å². The number of alkyl halides is 16. The molecule has 2 saturated carbocycles. The second kappa shape index (κ2) is 37.4. The van der Waals surface area contributed by atoms with Crippen molar-refractivity contribution in [3.8, 4) is 11.5 Å². The molecule has 0 N–H and O–H groups in total. The van der Waals surface area contributed by atoms with Crippen LogP contribution in [0.4, 0.5) is 87.8 Å². The minimum atomic E-state index is -4.78. The first-order valence-electron chi connectivity index (χ1n) is 26.8. The molecule has 25 heteroatoms. The van der Waals surface area contributed by atoms with E-state index >= 15 is 0 Å². The normalized spacial score (nSPS) is 13.7. The van der Waals surface area contributed by atoms with E-state index < -0.39 is 77.1 Å². The Hall–Kier alpha value is -5.45. The van der Waals surface area contributed by atoms with Crippen molar-refractivity contribution in [2.45, 2.75) is 183 Å². The van der Waals surface area contributed by atoms with Crippen molar-refractivity contribution in [2.24, 2.45) is 11.8 Å². The number of carbonyl (C=O) groups is 1. The molecule has 0 aromatic heterocycles. The van der Waals surface area contributed by atoms with E-state index in [1.165, 1.54) is 50.2 Å². The smallest absolute Gasteiger partial charge is 0.406 e. The molecule has 7 rings (SSSR count). The van der Waals surface area contributed by atoms with Gasteiger partial charge >= 0.3 is 25.1 Å². The summed E-state index contributed by atoms with van der Waals surface area (Å²) in [5.41, 5.74) is 1.05. The van der Waals surface area contributed by atoms with Gasteiger partial charge in [-0.2, -0.15) is 26.3 Å². The highest BCUT2D eigenvalue weighted by Crippen LogP contribution is 2.38. The van der Waals surface area contributed by atoms with Gasteiger partial charge in [-0.15, -0.1) is 26.3 Å². The summed E-state index contributed by atoms with van der Waals surface area (Å²) in [6.07, 6.45) is -7.56. The molecule has 0 saturated heterocycles. The summed E-state index contributed by atoms with van der Waals surface area (Å²) in [7, 11) is 0. The van der Waals surface area contributed by atoms with Crippen molar-refractivity contribution < 1.29 is 102 Å². The van der Waals surface area contributed by atoms with E-state index in [0.717, 1.165) is 125 Å². The van der Waals surface area contributed by atoms with Crippen LogP contribution in [-0.2, 0) is 36.4 Å². The Morgan fingerprint density at radius 3 is 1.12 bits per heavy atom. The molecule has 0 aliphatic heterocycles. The molecule has 0 atom stereocenters. The molecule has 0 spiro atoms. The Labute approximate surface area is 498 Å². The van der Waals surface area contributed by atoms with Gasteiger partial charge in [0.15, 0.2) is 0 Å². The SMILES string of the molecule is CC(F)(F)C1CCCC1.CC(F)(F)C1CCCCC1.CCC(C)=O.CCc1cc(F)cc(F)c1.CCc1ccc(C(F)(F)F)cc1Cl.CCc1ccc(OC(F)(F)F)cc1Cl.Cc1ccc(C(F)(F)F)cc1F.Cc1ccc(OC(F)(F)F)cc1F. The van der Waals surface area contributed by atoms with Crippen LogP contribution in [0.25, 0.3) is 0 Å². The maximum absolute atomic E-state index is 12.7. The lowest BCUT2D eigenvalue weighted by Gasteiger charge is -2.26. The summed E-state index contributed by atoms with van der Waals surface area (Å²) in [4.78, 5) is 9.81. The first-order valence-corrected chi connectivity index (χ1v) is 27.6. The van der Waals surface area contributed by atoms with E-state index in [1.54, 1.807) is 6.92 Å². The van der Waals surface area contributed by atoms with E-state index in [4.69, 9.17) is 23.2 Å². The van der Waals surface area contributed by atoms with Crippen molar-refractivity contribution in [3.05, 3.63) is 163 Å². The topological polar surface area (TPSA) is 35.5 Å². The highest BCUT2D eigenvalue weighted by Gasteiger charge is 2.37. The molecule has 2 fully saturated rings. The predicted octanol–water partition coefficient (Wildman–Crippen LogP) is 23.5. The minimum absolute atomic E-state index is 0.178. The van der Waals surface area contributed by atoms with Crippen molar-refractivity contribution in [1.82, 2.24) is 0 Å². The van der Waals surface area contributed by atoms with Crippen LogP contribution >= 0.6 is 23.2 Å². The molecular weight excluding hydrogens is 1230 g/mol. The molecule has 486 valence electrons. The van der Waals surface area contributed by atoms with E-state index in [0.29, 0.717) is 43.4 Å². The summed E-state index contributed by atoms with van der Waals surface area (Å²) in [6, 6.07) is 16.3. The highest BCUT2D eigenvalue weighted by molar-refractivity contribution is 6.31. The minimum Gasteiger partial charge on any atom is -0.406 e. The van der Waals surface area contributed by atoms with Gasteiger partial charge in [-0.25, -0.2) is 35.1 Å². The fraction of sp³-hybridized carbons (Fsp3) is 0.492. The third-order valence-corrected chi connectivity index (χ3v) is 13.2. The van der Waals surface area contributed by atoms with Crippen LogP contribution < -0.4 is 9.47 Å². The Morgan fingerprint density at radius 2 is 0.802 bits per heavy atom. The molecule has 0 unspecified atom stereocenters. The van der Waals surface area contributed by atoms with Gasteiger partial charge in [0.05, 0.1) is 11.1 Å².